The molecule has 0 bridgehead atoms. The first kappa shape index (κ1) is 10.4. The number of benzene rings is 2. The number of H-pyrrole nitrogens is 1. The van der Waals surface area contributed by atoms with Gasteiger partial charge in [-0.3, -0.25) is 4.68 Å². The summed E-state index contributed by atoms with van der Waals surface area (Å²) in [6.07, 6.45) is 1.90. The lowest BCUT2D eigenvalue weighted by Gasteiger charge is -2.03. The van der Waals surface area contributed by atoms with E-state index < -0.39 is 0 Å². The molecule has 0 radical (unpaired) electrons. The molecule has 0 aliphatic carbocycles. The molecule has 0 atom stereocenters. The first-order valence-electron chi connectivity index (χ1n) is 6.38. The molecule has 0 aliphatic heterocycles. The Morgan fingerprint density at radius 2 is 1.68 bits per heavy atom. The molecule has 1 N–H and O–H groups in total. The largest absolute Gasteiger partial charge is 0.352 e. The van der Waals surface area contributed by atoms with E-state index in [1.54, 1.807) is 0 Å². The molecule has 2 heterocycles. The van der Waals surface area contributed by atoms with Crippen LogP contribution in [0, 0.1) is 0 Å². The minimum Gasteiger partial charge on any atom is -0.352 e. The average Bonchev–Trinajstić information content (AvgIpc) is 3.00. The highest BCUT2D eigenvalue weighted by atomic mass is 15.3. The van der Waals surface area contributed by atoms with Crippen molar-refractivity contribution in [3.8, 4) is 0 Å². The summed E-state index contributed by atoms with van der Waals surface area (Å²) >= 11 is 0. The zero-order valence-corrected chi connectivity index (χ0v) is 10.4. The minimum absolute atomic E-state index is 0.798. The van der Waals surface area contributed by atoms with Gasteiger partial charge in [0.15, 0.2) is 0 Å². The molecule has 0 unspecified atom stereocenters. The molecular weight excluding hydrogens is 234 g/mol. The fraction of sp³-hybridized carbons (Fsp3) is 0.0625. The first-order chi connectivity index (χ1) is 9.42. The summed E-state index contributed by atoms with van der Waals surface area (Å²) in [6.45, 7) is 0.798. The zero-order valence-electron chi connectivity index (χ0n) is 10.4. The maximum Gasteiger partial charge on any atom is 0.0942 e. The molecule has 2 aromatic heterocycles. The van der Waals surface area contributed by atoms with E-state index in [4.69, 9.17) is 0 Å². The monoisotopic (exact) mass is 247 g/mol. The van der Waals surface area contributed by atoms with E-state index in [9.17, 15) is 0 Å². The maximum atomic E-state index is 4.49. The standard InChI is InChI=1S/C16H13N3/c1-2-6-12(7-3-1)11-19-16-13-8-4-5-9-14(13)18-15(16)10-17-19/h1-10,18H,11H2. The van der Waals surface area contributed by atoms with Crippen molar-refractivity contribution in [3.63, 3.8) is 0 Å². The SMILES string of the molecule is c1ccc(Cn2ncc3[nH]c4ccccc4c32)cc1. The number of aromatic amines is 1. The summed E-state index contributed by atoms with van der Waals surface area (Å²) in [5.74, 6) is 0. The molecule has 3 nitrogen and oxygen atoms in total. The summed E-state index contributed by atoms with van der Waals surface area (Å²) in [7, 11) is 0. The Morgan fingerprint density at radius 1 is 0.895 bits per heavy atom. The third kappa shape index (κ3) is 1.63. The third-order valence-electron chi connectivity index (χ3n) is 3.47. The van der Waals surface area contributed by atoms with Crippen LogP contribution in [0.2, 0.25) is 0 Å². The average molecular weight is 247 g/mol. The van der Waals surface area contributed by atoms with Crippen LogP contribution in [-0.4, -0.2) is 14.8 Å². The third-order valence-corrected chi connectivity index (χ3v) is 3.47. The van der Waals surface area contributed by atoms with E-state index in [0.29, 0.717) is 0 Å². The lowest BCUT2D eigenvalue weighted by atomic mass is 10.2. The molecule has 4 aromatic rings. The van der Waals surface area contributed by atoms with Gasteiger partial charge in [0.2, 0.25) is 0 Å². The Hall–Kier alpha value is -2.55. The van der Waals surface area contributed by atoms with Crippen LogP contribution in [0.3, 0.4) is 0 Å². The predicted molar refractivity (Wildman–Crippen MR) is 77.1 cm³/mol. The number of para-hydroxylation sites is 1. The van der Waals surface area contributed by atoms with E-state index in [1.165, 1.54) is 16.5 Å². The number of hydrogen-bond donors (Lipinski definition) is 1. The second-order valence-electron chi connectivity index (χ2n) is 4.72. The van der Waals surface area contributed by atoms with Crippen molar-refractivity contribution in [1.82, 2.24) is 14.8 Å². The number of nitrogens with one attached hydrogen (secondary N) is 1. The van der Waals surface area contributed by atoms with Crippen LogP contribution in [0.25, 0.3) is 21.9 Å². The zero-order chi connectivity index (χ0) is 12.7. The van der Waals surface area contributed by atoms with Gasteiger partial charge in [0, 0.05) is 10.9 Å². The summed E-state index contributed by atoms with van der Waals surface area (Å²) < 4.78 is 2.06. The van der Waals surface area contributed by atoms with Crippen molar-refractivity contribution in [2.45, 2.75) is 6.54 Å². The van der Waals surface area contributed by atoms with Gasteiger partial charge < -0.3 is 4.98 Å². The Balaban J connectivity index is 1.90. The Bertz CT molecular complexity index is 840. The van der Waals surface area contributed by atoms with Crippen LogP contribution in [0.15, 0.2) is 60.8 Å². The van der Waals surface area contributed by atoms with Crippen LogP contribution in [0.1, 0.15) is 5.56 Å². The van der Waals surface area contributed by atoms with Gasteiger partial charge in [-0.2, -0.15) is 5.10 Å². The summed E-state index contributed by atoms with van der Waals surface area (Å²) in [4.78, 5) is 3.40. The summed E-state index contributed by atoms with van der Waals surface area (Å²) in [5.41, 5.74) is 4.70. The fourth-order valence-corrected chi connectivity index (χ4v) is 2.58. The van der Waals surface area contributed by atoms with Gasteiger partial charge in [-0.05, 0) is 11.6 Å². The molecule has 4 rings (SSSR count). The highest BCUT2D eigenvalue weighted by Crippen LogP contribution is 2.25. The molecule has 0 saturated carbocycles. The number of fused-ring (bicyclic) bond motifs is 3. The van der Waals surface area contributed by atoms with E-state index in [0.717, 1.165) is 17.6 Å². The fourth-order valence-electron chi connectivity index (χ4n) is 2.58. The molecule has 19 heavy (non-hydrogen) atoms. The normalized spacial score (nSPS) is 11.4. The minimum atomic E-state index is 0.798. The molecule has 0 saturated heterocycles. The van der Waals surface area contributed by atoms with Gasteiger partial charge in [0.1, 0.15) is 0 Å². The molecular formula is C16H13N3. The van der Waals surface area contributed by atoms with Gasteiger partial charge in [0.05, 0.1) is 23.8 Å². The lowest BCUT2D eigenvalue weighted by Crippen LogP contribution is -2.00. The number of nitrogens with zero attached hydrogens (tertiary/aromatic N) is 2. The molecule has 0 fully saturated rings. The topological polar surface area (TPSA) is 33.6 Å². The maximum absolute atomic E-state index is 4.49. The van der Waals surface area contributed by atoms with Crippen molar-refractivity contribution in [2.24, 2.45) is 0 Å². The molecule has 3 heteroatoms. The quantitative estimate of drug-likeness (QED) is 0.577. The van der Waals surface area contributed by atoms with Gasteiger partial charge >= 0.3 is 0 Å². The van der Waals surface area contributed by atoms with Crippen molar-refractivity contribution >= 4 is 21.9 Å². The molecule has 0 spiro atoms. The van der Waals surface area contributed by atoms with Gasteiger partial charge in [-0.25, -0.2) is 0 Å². The summed E-state index contributed by atoms with van der Waals surface area (Å²) in [6, 6.07) is 18.8. The van der Waals surface area contributed by atoms with Crippen LogP contribution in [-0.2, 0) is 6.54 Å². The van der Waals surface area contributed by atoms with Gasteiger partial charge in [-0.1, -0.05) is 48.5 Å². The smallest absolute Gasteiger partial charge is 0.0942 e. The van der Waals surface area contributed by atoms with Crippen molar-refractivity contribution in [3.05, 3.63) is 66.4 Å². The van der Waals surface area contributed by atoms with E-state index in [1.807, 2.05) is 18.3 Å². The predicted octanol–water partition coefficient (Wildman–Crippen LogP) is 3.57. The second kappa shape index (κ2) is 3.99. The molecule has 92 valence electrons. The van der Waals surface area contributed by atoms with Gasteiger partial charge in [-0.15, -0.1) is 0 Å². The number of rotatable bonds is 2. The number of aromatic nitrogens is 3. The Morgan fingerprint density at radius 3 is 2.58 bits per heavy atom. The second-order valence-corrected chi connectivity index (χ2v) is 4.72. The van der Waals surface area contributed by atoms with Crippen molar-refractivity contribution in [2.75, 3.05) is 0 Å². The number of hydrogen-bond acceptors (Lipinski definition) is 1. The summed E-state index contributed by atoms with van der Waals surface area (Å²) in [5, 5.41) is 5.71. The molecule has 0 aliphatic rings. The highest BCUT2D eigenvalue weighted by Gasteiger charge is 2.09. The molecule has 0 amide bonds. The Labute approximate surface area is 110 Å². The van der Waals surface area contributed by atoms with Crippen molar-refractivity contribution in [1.29, 1.82) is 0 Å². The highest BCUT2D eigenvalue weighted by molar-refractivity contribution is 6.04. The lowest BCUT2D eigenvalue weighted by molar-refractivity contribution is 0.714. The van der Waals surface area contributed by atoms with Crippen molar-refractivity contribution < 1.29 is 0 Å². The molecule has 2 aromatic carbocycles. The van der Waals surface area contributed by atoms with Crippen LogP contribution in [0.5, 0.6) is 0 Å². The first-order valence-corrected chi connectivity index (χ1v) is 6.38. The van der Waals surface area contributed by atoms with Crippen LogP contribution >= 0.6 is 0 Å². The Kier molecular flexibility index (Phi) is 2.18. The van der Waals surface area contributed by atoms with Gasteiger partial charge in [0.25, 0.3) is 0 Å². The van der Waals surface area contributed by atoms with E-state index in [2.05, 4.69) is 57.2 Å². The van der Waals surface area contributed by atoms with Crippen LogP contribution < -0.4 is 0 Å². The van der Waals surface area contributed by atoms with E-state index >= 15 is 0 Å². The van der Waals surface area contributed by atoms with E-state index in [-0.39, 0.29) is 0 Å². The van der Waals surface area contributed by atoms with Crippen LogP contribution in [0.4, 0.5) is 0 Å².